The molecule has 1 N–H and O–H groups in total. The summed E-state index contributed by atoms with van der Waals surface area (Å²) >= 11 is 0. The fourth-order valence-corrected chi connectivity index (χ4v) is 2.43. The largest absolute Gasteiger partial charge is 0.384 e. The zero-order valence-corrected chi connectivity index (χ0v) is 9.46. The van der Waals surface area contributed by atoms with Gasteiger partial charge in [-0.25, -0.2) is 0 Å². The predicted molar refractivity (Wildman–Crippen MR) is 60.6 cm³/mol. The van der Waals surface area contributed by atoms with Crippen molar-refractivity contribution >= 4 is 5.78 Å². The molecular weight excluding hydrogens is 188 g/mol. The molecule has 1 atom stereocenters. The number of hydrogen-bond donors (Lipinski definition) is 1. The minimum atomic E-state index is 0.269. The highest BCUT2D eigenvalue weighted by Crippen LogP contribution is 2.13. The zero-order valence-electron chi connectivity index (χ0n) is 9.46. The predicted octanol–water partition coefficient (Wildman–Crippen LogP) is 1.31. The lowest BCUT2D eigenvalue weighted by Gasteiger charge is -2.22. The first-order valence-electron chi connectivity index (χ1n) is 5.96. The van der Waals surface area contributed by atoms with Gasteiger partial charge in [-0.1, -0.05) is 0 Å². The molecule has 1 heterocycles. The Labute approximate surface area is 91.5 Å². The van der Waals surface area contributed by atoms with Gasteiger partial charge in [0.25, 0.3) is 0 Å². The van der Waals surface area contributed by atoms with E-state index in [1.165, 1.54) is 25.9 Å². The molecule has 84 valence electrons. The van der Waals surface area contributed by atoms with Gasteiger partial charge in [-0.3, -0.25) is 4.79 Å². The number of ketones is 1. The third-order valence-electron chi connectivity index (χ3n) is 3.14. The van der Waals surface area contributed by atoms with Crippen LogP contribution >= 0.6 is 0 Å². The van der Waals surface area contributed by atoms with E-state index in [0.717, 1.165) is 18.7 Å². The van der Waals surface area contributed by atoms with Crippen LogP contribution in [0.15, 0.2) is 11.8 Å². The summed E-state index contributed by atoms with van der Waals surface area (Å²) in [6.45, 7) is 5.78. The lowest BCUT2D eigenvalue weighted by molar-refractivity contribution is -0.114. The lowest BCUT2D eigenvalue weighted by atomic mass is 10.2. The van der Waals surface area contributed by atoms with Gasteiger partial charge < -0.3 is 10.2 Å². The second-order valence-electron chi connectivity index (χ2n) is 4.69. The Bertz CT molecular complexity index is 267. The summed E-state index contributed by atoms with van der Waals surface area (Å²) in [6, 6.07) is 0.459. The van der Waals surface area contributed by atoms with Crippen LogP contribution in [-0.4, -0.2) is 36.4 Å². The molecule has 1 aliphatic heterocycles. The molecule has 0 bridgehead atoms. The molecule has 0 saturated carbocycles. The quantitative estimate of drug-likeness (QED) is 0.756. The average Bonchev–Trinajstić information content (AvgIpc) is 2.77. The number of rotatable bonds is 4. The van der Waals surface area contributed by atoms with E-state index in [1.54, 1.807) is 6.08 Å². The molecule has 1 saturated heterocycles. The fraction of sp³-hybridized carbons (Fsp3) is 0.750. The molecule has 15 heavy (non-hydrogen) atoms. The molecule has 0 amide bonds. The van der Waals surface area contributed by atoms with Gasteiger partial charge in [0.2, 0.25) is 0 Å². The van der Waals surface area contributed by atoms with Gasteiger partial charge in [-0.05, 0) is 39.3 Å². The summed E-state index contributed by atoms with van der Waals surface area (Å²) < 4.78 is 0. The maximum absolute atomic E-state index is 11.1. The highest BCUT2D eigenvalue weighted by Gasteiger charge is 2.17. The molecule has 0 aromatic rings. The van der Waals surface area contributed by atoms with E-state index >= 15 is 0 Å². The first-order valence-corrected chi connectivity index (χ1v) is 5.96. The molecule has 3 nitrogen and oxygen atoms in total. The van der Waals surface area contributed by atoms with Crippen molar-refractivity contribution in [3.05, 3.63) is 11.8 Å². The first kappa shape index (κ1) is 10.7. The van der Waals surface area contributed by atoms with E-state index in [4.69, 9.17) is 0 Å². The van der Waals surface area contributed by atoms with Crippen LogP contribution in [-0.2, 0) is 4.79 Å². The van der Waals surface area contributed by atoms with Gasteiger partial charge in [0.1, 0.15) is 0 Å². The number of carbonyl (C=O) groups excluding carboxylic acids is 1. The van der Waals surface area contributed by atoms with E-state index in [-0.39, 0.29) is 5.78 Å². The van der Waals surface area contributed by atoms with Gasteiger partial charge in [0.15, 0.2) is 5.78 Å². The highest BCUT2D eigenvalue weighted by molar-refractivity contribution is 5.92. The van der Waals surface area contributed by atoms with Crippen LogP contribution in [0.5, 0.6) is 0 Å². The summed E-state index contributed by atoms with van der Waals surface area (Å²) in [5.74, 6) is 0.269. The van der Waals surface area contributed by atoms with Gasteiger partial charge >= 0.3 is 0 Å². The van der Waals surface area contributed by atoms with Gasteiger partial charge in [-0.15, -0.1) is 0 Å². The van der Waals surface area contributed by atoms with Crippen LogP contribution in [0.1, 0.15) is 32.6 Å². The second kappa shape index (κ2) is 4.79. The molecule has 0 radical (unpaired) electrons. The maximum atomic E-state index is 11.1. The van der Waals surface area contributed by atoms with Crippen LogP contribution in [0.3, 0.4) is 0 Å². The van der Waals surface area contributed by atoms with Gasteiger partial charge in [0.05, 0.1) is 0 Å². The SMILES string of the molecule is CC(CN1CCCC1)NC1=CC(=O)CC1. The van der Waals surface area contributed by atoms with E-state index < -0.39 is 0 Å². The molecule has 0 aromatic carbocycles. The zero-order chi connectivity index (χ0) is 10.7. The lowest BCUT2D eigenvalue weighted by Crippen LogP contribution is -2.37. The first-order chi connectivity index (χ1) is 7.24. The summed E-state index contributed by atoms with van der Waals surface area (Å²) in [4.78, 5) is 13.5. The van der Waals surface area contributed by atoms with Crippen molar-refractivity contribution in [3.8, 4) is 0 Å². The van der Waals surface area contributed by atoms with Crippen LogP contribution in [0.2, 0.25) is 0 Å². The monoisotopic (exact) mass is 208 g/mol. The Balaban J connectivity index is 1.74. The molecule has 2 aliphatic rings. The number of nitrogens with zero attached hydrogens (tertiary/aromatic N) is 1. The van der Waals surface area contributed by atoms with Crippen molar-refractivity contribution < 1.29 is 4.79 Å². The van der Waals surface area contributed by atoms with Crippen molar-refractivity contribution in [2.45, 2.75) is 38.6 Å². The van der Waals surface area contributed by atoms with Crippen LogP contribution < -0.4 is 5.32 Å². The number of carbonyl (C=O) groups is 1. The van der Waals surface area contributed by atoms with Crippen molar-refractivity contribution in [2.75, 3.05) is 19.6 Å². The van der Waals surface area contributed by atoms with E-state index in [0.29, 0.717) is 12.5 Å². The molecule has 3 heteroatoms. The maximum Gasteiger partial charge on any atom is 0.157 e. The Morgan fingerprint density at radius 2 is 2.13 bits per heavy atom. The molecular formula is C12H20N2O. The van der Waals surface area contributed by atoms with Crippen molar-refractivity contribution in [3.63, 3.8) is 0 Å². The molecule has 2 rings (SSSR count). The van der Waals surface area contributed by atoms with Crippen molar-refractivity contribution in [1.82, 2.24) is 10.2 Å². The van der Waals surface area contributed by atoms with Crippen LogP contribution in [0, 0.1) is 0 Å². The van der Waals surface area contributed by atoms with Crippen molar-refractivity contribution in [1.29, 1.82) is 0 Å². The molecule has 1 unspecified atom stereocenters. The minimum Gasteiger partial charge on any atom is -0.384 e. The van der Waals surface area contributed by atoms with Crippen molar-refractivity contribution in [2.24, 2.45) is 0 Å². The number of hydrogen-bond acceptors (Lipinski definition) is 3. The Hall–Kier alpha value is -0.830. The van der Waals surface area contributed by atoms with Crippen LogP contribution in [0.25, 0.3) is 0 Å². The van der Waals surface area contributed by atoms with Crippen LogP contribution in [0.4, 0.5) is 0 Å². The van der Waals surface area contributed by atoms with Gasteiger partial charge in [0, 0.05) is 30.8 Å². The molecule has 1 fully saturated rings. The van der Waals surface area contributed by atoms with E-state index in [1.807, 2.05) is 0 Å². The number of likely N-dealkylation sites (tertiary alicyclic amines) is 1. The molecule has 0 spiro atoms. The summed E-state index contributed by atoms with van der Waals surface area (Å²) in [5.41, 5.74) is 1.13. The third-order valence-corrected chi connectivity index (χ3v) is 3.14. The summed E-state index contributed by atoms with van der Waals surface area (Å²) in [6.07, 6.45) is 6.05. The number of allylic oxidation sites excluding steroid dienone is 2. The Kier molecular flexibility index (Phi) is 3.41. The standard InChI is InChI=1S/C12H20N2O/c1-10(9-14-6-2-3-7-14)13-11-4-5-12(15)8-11/h8,10,13H,2-7,9H2,1H3. The number of nitrogens with one attached hydrogen (secondary N) is 1. The topological polar surface area (TPSA) is 32.3 Å². The Morgan fingerprint density at radius 3 is 2.73 bits per heavy atom. The normalized spacial score (nSPS) is 24.3. The smallest absolute Gasteiger partial charge is 0.157 e. The Morgan fingerprint density at radius 1 is 1.40 bits per heavy atom. The fourth-order valence-electron chi connectivity index (χ4n) is 2.43. The molecule has 1 aliphatic carbocycles. The minimum absolute atomic E-state index is 0.269. The molecule has 0 aromatic heterocycles. The average molecular weight is 208 g/mol. The summed E-state index contributed by atoms with van der Waals surface area (Å²) in [5, 5.41) is 3.43. The van der Waals surface area contributed by atoms with E-state index in [2.05, 4.69) is 17.1 Å². The summed E-state index contributed by atoms with van der Waals surface area (Å²) in [7, 11) is 0. The highest BCUT2D eigenvalue weighted by atomic mass is 16.1. The van der Waals surface area contributed by atoms with Gasteiger partial charge in [-0.2, -0.15) is 0 Å². The third kappa shape index (κ3) is 3.06. The van der Waals surface area contributed by atoms with E-state index in [9.17, 15) is 4.79 Å². The second-order valence-corrected chi connectivity index (χ2v) is 4.69.